The molecule has 0 spiro atoms. The van der Waals surface area contributed by atoms with Gasteiger partial charge in [-0.15, -0.1) is 0 Å². The highest BCUT2D eigenvalue weighted by molar-refractivity contribution is 6.37. The maximum absolute atomic E-state index is 5.99. The van der Waals surface area contributed by atoms with Crippen LogP contribution in [0.2, 0.25) is 10.0 Å². The van der Waals surface area contributed by atoms with Gasteiger partial charge in [-0.2, -0.15) is 0 Å². The number of pyridine rings is 1. The number of halogens is 2. The van der Waals surface area contributed by atoms with Crippen molar-refractivity contribution in [2.75, 3.05) is 31.7 Å². The first-order valence-corrected chi connectivity index (χ1v) is 5.69. The van der Waals surface area contributed by atoms with Crippen molar-refractivity contribution in [2.45, 2.75) is 13.0 Å². The Morgan fingerprint density at radius 2 is 2.06 bits per heavy atom. The van der Waals surface area contributed by atoms with Gasteiger partial charge in [-0.05, 0) is 27.1 Å². The Morgan fingerprint density at radius 3 is 2.62 bits per heavy atom. The first kappa shape index (κ1) is 13.4. The topological polar surface area (TPSA) is 54.2 Å². The quantitative estimate of drug-likeness (QED) is 0.875. The van der Waals surface area contributed by atoms with Gasteiger partial charge < -0.3 is 16.0 Å². The van der Waals surface area contributed by atoms with E-state index in [0.717, 1.165) is 6.54 Å². The van der Waals surface area contributed by atoms with Crippen molar-refractivity contribution < 1.29 is 0 Å². The Hall–Kier alpha value is -0.710. The molecule has 4 nitrogen and oxygen atoms in total. The average Bonchev–Trinajstić information content (AvgIpc) is 2.20. The van der Waals surface area contributed by atoms with E-state index in [9.17, 15) is 0 Å². The van der Waals surface area contributed by atoms with Gasteiger partial charge in [0.2, 0.25) is 0 Å². The van der Waals surface area contributed by atoms with Crippen molar-refractivity contribution in [3.05, 3.63) is 16.1 Å². The molecular formula is C10H16Cl2N4. The zero-order valence-electron chi connectivity index (χ0n) is 9.59. The smallest absolute Gasteiger partial charge is 0.147 e. The van der Waals surface area contributed by atoms with Crippen LogP contribution in [0.3, 0.4) is 0 Å². The molecule has 16 heavy (non-hydrogen) atoms. The lowest BCUT2D eigenvalue weighted by molar-refractivity contribution is 0.326. The molecule has 0 bridgehead atoms. The summed E-state index contributed by atoms with van der Waals surface area (Å²) in [6.07, 6.45) is 0. The first-order valence-electron chi connectivity index (χ1n) is 4.93. The Bertz CT molecular complexity index is 368. The fourth-order valence-corrected chi connectivity index (χ4v) is 1.46. The maximum Gasteiger partial charge on any atom is 0.147 e. The minimum Gasteiger partial charge on any atom is -0.382 e. The van der Waals surface area contributed by atoms with Crippen LogP contribution in [0.1, 0.15) is 6.92 Å². The van der Waals surface area contributed by atoms with Gasteiger partial charge in [0.1, 0.15) is 11.6 Å². The van der Waals surface area contributed by atoms with Gasteiger partial charge in [0.25, 0.3) is 0 Å². The molecule has 1 unspecified atom stereocenters. The molecule has 0 amide bonds. The fourth-order valence-electron chi connectivity index (χ4n) is 1.03. The molecule has 0 aromatic carbocycles. The van der Waals surface area contributed by atoms with Gasteiger partial charge in [-0.1, -0.05) is 23.2 Å². The number of aromatic nitrogens is 1. The van der Waals surface area contributed by atoms with Crippen LogP contribution in [0.15, 0.2) is 6.07 Å². The van der Waals surface area contributed by atoms with Crippen molar-refractivity contribution >= 4 is 34.8 Å². The van der Waals surface area contributed by atoms with Crippen LogP contribution in [-0.2, 0) is 0 Å². The predicted molar refractivity (Wildman–Crippen MR) is 70.3 cm³/mol. The second-order valence-corrected chi connectivity index (χ2v) is 4.69. The summed E-state index contributed by atoms with van der Waals surface area (Å²) in [4.78, 5) is 6.19. The van der Waals surface area contributed by atoms with Crippen molar-refractivity contribution in [3.63, 3.8) is 0 Å². The molecule has 1 atom stereocenters. The lowest BCUT2D eigenvalue weighted by Gasteiger charge is -2.20. The molecule has 0 radical (unpaired) electrons. The number of rotatable bonds is 4. The van der Waals surface area contributed by atoms with E-state index in [2.05, 4.69) is 22.1 Å². The molecule has 0 saturated carbocycles. The first-order chi connectivity index (χ1) is 7.41. The number of hydrogen-bond acceptors (Lipinski definition) is 4. The van der Waals surface area contributed by atoms with E-state index in [0.29, 0.717) is 21.9 Å². The summed E-state index contributed by atoms with van der Waals surface area (Å²) in [5.74, 6) is 0.850. The molecular weight excluding hydrogens is 247 g/mol. The average molecular weight is 263 g/mol. The van der Waals surface area contributed by atoms with Crippen LogP contribution in [0, 0.1) is 0 Å². The molecule has 90 valence electrons. The highest BCUT2D eigenvalue weighted by Crippen LogP contribution is 2.27. The molecule has 6 heteroatoms. The van der Waals surface area contributed by atoms with E-state index in [1.807, 2.05) is 14.1 Å². The SMILES string of the molecule is CC(CNc1nc(N)c(Cl)cc1Cl)N(C)C. The van der Waals surface area contributed by atoms with Gasteiger partial charge in [0, 0.05) is 12.6 Å². The van der Waals surface area contributed by atoms with Crippen LogP contribution in [0.4, 0.5) is 11.6 Å². The van der Waals surface area contributed by atoms with Gasteiger partial charge in [-0.3, -0.25) is 0 Å². The molecule has 1 aromatic heterocycles. The van der Waals surface area contributed by atoms with Crippen molar-refractivity contribution in [3.8, 4) is 0 Å². The summed E-state index contributed by atoms with van der Waals surface area (Å²) in [6.45, 7) is 2.83. The molecule has 0 fully saturated rings. The number of nitrogen functional groups attached to an aromatic ring is 1. The van der Waals surface area contributed by atoms with Gasteiger partial charge in [-0.25, -0.2) is 4.98 Å². The zero-order valence-corrected chi connectivity index (χ0v) is 11.1. The molecule has 0 aliphatic carbocycles. The maximum atomic E-state index is 5.99. The molecule has 3 N–H and O–H groups in total. The van der Waals surface area contributed by atoms with E-state index in [1.54, 1.807) is 6.07 Å². The molecule has 0 aliphatic rings. The third-order valence-electron chi connectivity index (χ3n) is 2.40. The summed E-state index contributed by atoms with van der Waals surface area (Å²) in [7, 11) is 4.02. The van der Waals surface area contributed by atoms with E-state index in [-0.39, 0.29) is 5.82 Å². The predicted octanol–water partition coefficient (Wildman–Crippen LogP) is 2.33. The Kier molecular flexibility index (Phi) is 4.65. The van der Waals surface area contributed by atoms with Gasteiger partial charge in [0.15, 0.2) is 0 Å². The normalized spacial score (nSPS) is 12.9. The van der Waals surface area contributed by atoms with Crippen molar-refractivity contribution in [1.29, 1.82) is 0 Å². The number of likely N-dealkylation sites (N-methyl/N-ethyl adjacent to an activating group) is 1. The fraction of sp³-hybridized carbons (Fsp3) is 0.500. The summed E-state index contributed by atoms with van der Waals surface area (Å²) in [5.41, 5.74) is 5.60. The molecule has 0 saturated heterocycles. The summed E-state index contributed by atoms with van der Waals surface area (Å²) < 4.78 is 0. The third-order valence-corrected chi connectivity index (χ3v) is 2.99. The van der Waals surface area contributed by atoms with Crippen LogP contribution < -0.4 is 11.1 Å². The second-order valence-electron chi connectivity index (χ2n) is 3.88. The Balaban J connectivity index is 2.71. The molecule has 0 aliphatic heterocycles. The summed E-state index contributed by atoms with van der Waals surface area (Å²) in [6, 6.07) is 1.96. The number of hydrogen-bond donors (Lipinski definition) is 2. The summed E-state index contributed by atoms with van der Waals surface area (Å²) in [5, 5.41) is 3.99. The van der Waals surface area contributed by atoms with E-state index in [4.69, 9.17) is 28.9 Å². The second kappa shape index (κ2) is 5.57. The van der Waals surface area contributed by atoms with Crippen LogP contribution in [-0.4, -0.2) is 36.6 Å². The van der Waals surface area contributed by atoms with Crippen molar-refractivity contribution in [2.24, 2.45) is 0 Å². The highest BCUT2D eigenvalue weighted by Gasteiger charge is 2.09. The van der Waals surface area contributed by atoms with Crippen LogP contribution in [0.5, 0.6) is 0 Å². The summed E-state index contributed by atoms with van der Waals surface area (Å²) >= 11 is 11.8. The van der Waals surface area contributed by atoms with Gasteiger partial charge in [0.05, 0.1) is 10.0 Å². The minimum atomic E-state index is 0.283. The van der Waals surface area contributed by atoms with Crippen LogP contribution >= 0.6 is 23.2 Å². The zero-order chi connectivity index (χ0) is 12.3. The van der Waals surface area contributed by atoms with Crippen LogP contribution in [0.25, 0.3) is 0 Å². The monoisotopic (exact) mass is 262 g/mol. The lowest BCUT2D eigenvalue weighted by Crippen LogP contribution is -2.31. The van der Waals surface area contributed by atoms with Crippen molar-refractivity contribution in [1.82, 2.24) is 9.88 Å². The number of nitrogens with two attached hydrogens (primary N) is 1. The number of anilines is 2. The van der Waals surface area contributed by atoms with Gasteiger partial charge >= 0.3 is 0 Å². The Morgan fingerprint density at radius 1 is 1.44 bits per heavy atom. The standard InChI is InChI=1S/C10H16Cl2N4/c1-6(16(2)3)5-14-10-8(12)4-7(11)9(13)15-10/h4,6H,5H2,1-3H3,(H3,13,14,15). The number of nitrogens with zero attached hydrogens (tertiary/aromatic N) is 2. The highest BCUT2D eigenvalue weighted by atomic mass is 35.5. The largest absolute Gasteiger partial charge is 0.382 e. The third kappa shape index (κ3) is 3.40. The minimum absolute atomic E-state index is 0.283. The van der Waals surface area contributed by atoms with E-state index < -0.39 is 0 Å². The molecule has 1 aromatic rings. The number of nitrogens with one attached hydrogen (secondary N) is 1. The lowest BCUT2D eigenvalue weighted by atomic mass is 10.3. The molecule has 1 heterocycles. The van der Waals surface area contributed by atoms with E-state index in [1.165, 1.54) is 0 Å². The Labute approximate surface area is 106 Å². The molecule has 1 rings (SSSR count). The van der Waals surface area contributed by atoms with E-state index >= 15 is 0 Å².